The summed E-state index contributed by atoms with van der Waals surface area (Å²) in [4.78, 5) is 32.8. The summed E-state index contributed by atoms with van der Waals surface area (Å²) in [5.41, 5.74) is 2.30. The number of aromatic nitrogens is 1. The first-order valence-corrected chi connectivity index (χ1v) is 13.3. The van der Waals surface area contributed by atoms with E-state index < -0.39 is 12.0 Å². The molecule has 9 nitrogen and oxygen atoms in total. The van der Waals surface area contributed by atoms with Gasteiger partial charge in [-0.05, 0) is 48.4 Å². The zero-order chi connectivity index (χ0) is 27.8. The van der Waals surface area contributed by atoms with Crippen molar-refractivity contribution in [2.75, 3.05) is 20.5 Å². The molecule has 1 atom stereocenters. The molecule has 0 saturated carbocycles. The molecule has 1 unspecified atom stereocenters. The van der Waals surface area contributed by atoms with Crippen LogP contribution in [0.25, 0.3) is 11.8 Å². The summed E-state index contributed by atoms with van der Waals surface area (Å²) in [6.07, 6.45) is 1.68. The Labute approximate surface area is 232 Å². The lowest BCUT2D eigenvalue weighted by atomic mass is 9.93. The monoisotopic (exact) mass is 556 g/mol. The summed E-state index contributed by atoms with van der Waals surface area (Å²) in [7, 11) is 1.47. The molecule has 2 aliphatic heterocycles. The summed E-state index contributed by atoms with van der Waals surface area (Å²) in [6, 6.07) is 18.7. The molecule has 1 aromatic heterocycles. The van der Waals surface area contributed by atoms with Gasteiger partial charge in [0.15, 0.2) is 27.8 Å². The van der Waals surface area contributed by atoms with Crippen LogP contribution in [-0.4, -0.2) is 36.2 Å². The summed E-state index contributed by atoms with van der Waals surface area (Å²) in [5.74, 6) is 0.823. The van der Waals surface area contributed by atoms with Gasteiger partial charge in [0, 0.05) is 5.56 Å². The van der Waals surface area contributed by atoms with Crippen LogP contribution in [-0.2, 0) is 9.53 Å². The average molecular weight is 557 g/mol. The van der Waals surface area contributed by atoms with E-state index in [1.54, 1.807) is 37.3 Å². The molecular weight excluding hydrogens is 532 g/mol. The van der Waals surface area contributed by atoms with Crippen molar-refractivity contribution in [2.24, 2.45) is 4.99 Å². The van der Waals surface area contributed by atoms with Gasteiger partial charge in [0.1, 0.15) is 0 Å². The van der Waals surface area contributed by atoms with Gasteiger partial charge in [0.2, 0.25) is 6.79 Å². The number of phenolic OH excluding ortho intramolecular Hbond substituents is 1. The van der Waals surface area contributed by atoms with Gasteiger partial charge < -0.3 is 24.1 Å². The minimum Gasteiger partial charge on any atom is -0.504 e. The molecule has 1 N–H and O–H groups in total. The second kappa shape index (κ2) is 10.4. The van der Waals surface area contributed by atoms with Crippen LogP contribution < -0.4 is 29.1 Å². The molecule has 0 saturated heterocycles. The predicted octanol–water partition coefficient (Wildman–Crippen LogP) is 3.38. The van der Waals surface area contributed by atoms with Crippen LogP contribution in [0, 0.1) is 0 Å². The van der Waals surface area contributed by atoms with Crippen LogP contribution in [0.1, 0.15) is 29.7 Å². The van der Waals surface area contributed by atoms with Gasteiger partial charge in [-0.1, -0.05) is 53.8 Å². The molecule has 40 heavy (non-hydrogen) atoms. The van der Waals surface area contributed by atoms with Crippen molar-refractivity contribution in [2.45, 2.75) is 13.0 Å². The predicted molar refractivity (Wildman–Crippen MR) is 148 cm³/mol. The van der Waals surface area contributed by atoms with Gasteiger partial charge in [0.05, 0.1) is 35.6 Å². The van der Waals surface area contributed by atoms with E-state index >= 15 is 0 Å². The number of esters is 1. The Bertz CT molecular complexity index is 1840. The lowest BCUT2D eigenvalue weighted by Crippen LogP contribution is -2.40. The molecule has 10 heteroatoms. The molecule has 0 aliphatic carbocycles. The minimum atomic E-state index is -0.841. The highest BCUT2D eigenvalue weighted by Crippen LogP contribution is 2.40. The summed E-state index contributed by atoms with van der Waals surface area (Å²) >= 11 is 1.20. The first-order valence-electron chi connectivity index (χ1n) is 12.5. The maximum Gasteiger partial charge on any atom is 0.338 e. The molecule has 0 spiro atoms. The van der Waals surface area contributed by atoms with Gasteiger partial charge in [-0.3, -0.25) is 9.36 Å². The third kappa shape index (κ3) is 4.42. The summed E-state index contributed by atoms with van der Waals surface area (Å²) < 4.78 is 23.6. The lowest BCUT2D eigenvalue weighted by molar-refractivity contribution is -0.138. The van der Waals surface area contributed by atoms with Gasteiger partial charge in [-0.2, -0.15) is 0 Å². The number of carbonyl (C=O) groups excluding carboxylic acids is 1. The highest BCUT2D eigenvalue weighted by molar-refractivity contribution is 7.07. The molecule has 3 aromatic carbocycles. The fourth-order valence-corrected chi connectivity index (χ4v) is 5.79. The second-order valence-corrected chi connectivity index (χ2v) is 9.98. The molecule has 202 valence electrons. The van der Waals surface area contributed by atoms with E-state index in [0.717, 1.165) is 0 Å². The Hall–Kier alpha value is -4.83. The fourth-order valence-electron chi connectivity index (χ4n) is 4.79. The maximum absolute atomic E-state index is 14.0. The Balaban J connectivity index is 1.62. The van der Waals surface area contributed by atoms with Crippen LogP contribution in [0.2, 0.25) is 0 Å². The number of phenols is 1. The highest BCUT2D eigenvalue weighted by Gasteiger charge is 2.36. The molecule has 0 bridgehead atoms. The number of nitrogens with zero attached hydrogens (tertiary/aromatic N) is 2. The molecule has 0 fully saturated rings. The number of hydrogen-bond donors (Lipinski definition) is 1. The number of benzene rings is 3. The number of fused-ring (bicyclic) bond motifs is 2. The molecule has 2 aliphatic rings. The number of thiazole rings is 1. The molecule has 6 rings (SSSR count). The SMILES string of the molecule is CCOC(=O)C1=C(c2ccccc2)N=c2sc(=Cc3ccc(OC)c(O)c3)c(=O)n2C1c1ccc2c(c1)OCO2. The number of rotatable bonds is 6. The van der Waals surface area contributed by atoms with Crippen LogP contribution in [0.5, 0.6) is 23.0 Å². The minimum absolute atomic E-state index is 0.0433. The first-order chi connectivity index (χ1) is 19.5. The quantitative estimate of drug-likeness (QED) is 0.363. The van der Waals surface area contributed by atoms with Crippen LogP contribution in [0.4, 0.5) is 0 Å². The first kappa shape index (κ1) is 25.4. The average Bonchev–Trinajstić information content (AvgIpc) is 3.56. The third-order valence-corrected chi connectivity index (χ3v) is 7.57. The lowest BCUT2D eigenvalue weighted by Gasteiger charge is -2.26. The third-order valence-electron chi connectivity index (χ3n) is 6.59. The number of ether oxygens (including phenoxy) is 4. The van der Waals surface area contributed by atoms with Crippen molar-refractivity contribution < 1.29 is 28.8 Å². The van der Waals surface area contributed by atoms with Crippen LogP contribution in [0.15, 0.2) is 82.1 Å². The second-order valence-electron chi connectivity index (χ2n) is 8.98. The van der Waals surface area contributed by atoms with Gasteiger partial charge in [-0.15, -0.1) is 0 Å². The Kier molecular flexibility index (Phi) is 6.61. The Morgan fingerprint density at radius 3 is 2.67 bits per heavy atom. The van der Waals surface area contributed by atoms with Gasteiger partial charge >= 0.3 is 5.97 Å². The van der Waals surface area contributed by atoms with Crippen molar-refractivity contribution in [1.82, 2.24) is 4.57 Å². The zero-order valence-corrected chi connectivity index (χ0v) is 22.4. The Morgan fingerprint density at radius 1 is 1.12 bits per heavy atom. The largest absolute Gasteiger partial charge is 0.504 e. The number of hydrogen-bond acceptors (Lipinski definition) is 9. The van der Waals surface area contributed by atoms with E-state index in [2.05, 4.69) is 0 Å². The highest BCUT2D eigenvalue weighted by atomic mass is 32.1. The van der Waals surface area contributed by atoms with Crippen molar-refractivity contribution >= 4 is 29.1 Å². The zero-order valence-electron chi connectivity index (χ0n) is 21.6. The molecule has 0 radical (unpaired) electrons. The molecular formula is C30H24N2O7S. The molecule has 3 heterocycles. The van der Waals surface area contributed by atoms with Crippen molar-refractivity contribution in [1.29, 1.82) is 0 Å². The van der Waals surface area contributed by atoms with Gasteiger partial charge in [0.25, 0.3) is 5.56 Å². The van der Waals surface area contributed by atoms with E-state index in [1.165, 1.54) is 29.1 Å². The summed E-state index contributed by atoms with van der Waals surface area (Å²) in [6.45, 7) is 1.98. The van der Waals surface area contributed by atoms with Crippen LogP contribution >= 0.6 is 11.3 Å². The molecule has 4 aromatic rings. The maximum atomic E-state index is 14.0. The number of carbonyl (C=O) groups is 1. The fraction of sp³-hybridized carbons (Fsp3) is 0.167. The van der Waals surface area contributed by atoms with E-state index in [-0.39, 0.29) is 30.3 Å². The van der Waals surface area contributed by atoms with Crippen molar-refractivity contribution in [3.63, 3.8) is 0 Å². The topological polar surface area (TPSA) is 109 Å². The van der Waals surface area contributed by atoms with Gasteiger partial charge in [-0.25, -0.2) is 9.79 Å². The van der Waals surface area contributed by atoms with E-state index in [9.17, 15) is 14.7 Å². The van der Waals surface area contributed by atoms with Crippen molar-refractivity contribution in [3.05, 3.63) is 109 Å². The Morgan fingerprint density at radius 2 is 1.93 bits per heavy atom. The molecule has 0 amide bonds. The van der Waals surface area contributed by atoms with E-state index in [1.807, 2.05) is 36.4 Å². The van der Waals surface area contributed by atoms with E-state index in [0.29, 0.717) is 49.0 Å². The van der Waals surface area contributed by atoms with Crippen LogP contribution in [0.3, 0.4) is 0 Å². The number of aromatic hydroxyl groups is 1. The summed E-state index contributed by atoms with van der Waals surface area (Å²) in [5, 5.41) is 10.3. The normalized spacial score (nSPS) is 15.9. The standard InChI is InChI=1S/C30H24N2O7S/c1-3-37-29(35)25-26(18-7-5-4-6-8-18)31-30-32(27(25)19-10-12-22-23(15-19)39-16-38-22)28(34)24(40-30)14-17-9-11-21(36-2)20(33)13-17/h4-15,27,33H,3,16H2,1-2H3. The van der Waals surface area contributed by atoms with Crippen molar-refractivity contribution in [3.8, 4) is 23.0 Å². The number of methoxy groups -OCH3 is 1. The smallest absolute Gasteiger partial charge is 0.338 e. The van der Waals surface area contributed by atoms with E-state index in [4.69, 9.17) is 23.9 Å².